The quantitative estimate of drug-likeness (QED) is 0.726. The monoisotopic (exact) mass is 328 g/mol. The molecule has 0 bridgehead atoms. The van der Waals surface area contributed by atoms with Crippen LogP contribution in [0.2, 0.25) is 5.02 Å². The fourth-order valence-corrected chi connectivity index (χ4v) is 4.54. The summed E-state index contributed by atoms with van der Waals surface area (Å²) < 4.78 is 2.60. The molecule has 1 aliphatic rings. The molecule has 1 aliphatic carbocycles. The number of fused-ring (bicyclic) bond motifs is 1. The van der Waals surface area contributed by atoms with Gasteiger partial charge < -0.3 is 4.57 Å². The Morgan fingerprint density at radius 2 is 2.10 bits per heavy atom. The Kier molecular flexibility index (Phi) is 4.21. The van der Waals surface area contributed by atoms with Crippen LogP contribution in [0.15, 0.2) is 18.2 Å². The number of aromatic nitrogens is 2. The van der Waals surface area contributed by atoms with Crippen molar-refractivity contribution >= 4 is 46.0 Å². The van der Waals surface area contributed by atoms with Gasteiger partial charge in [-0.3, -0.25) is 0 Å². The summed E-state index contributed by atoms with van der Waals surface area (Å²) in [5.74, 6) is 1.35. The van der Waals surface area contributed by atoms with E-state index in [2.05, 4.69) is 21.9 Å². The molecule has 0 amide bonds. The molecule has 1 aromatic heterocycles. The molecule has 1 fully saturated rings. The molecule has 1 aromatic carbocycles. The molecule has 108 valence electrons. The topological polar surface area (TPSA) is 17.8 Å². The summed E-state index contributed by atoms with van der Waals surface area (Å²) in [5, 5.41) is 0.706. The summed E-state index contributed by atoms with van der Waals surface area (Å²) in [5.41, 5.74) is 1.98. The van der Waals surface area contributed by atoms with Crippen LogP contribution in [-0.4, -0.2) is 20.6 Å². The zero-order valence-corrected chi connectivity index (χ0v) is 13.9. The van der Waals surface area contributed by atoms with E-state index in [1.165, 1.54) is 25.7 Å². The largest absolute Gasteiger partial charge is 0.326 e. The van der Waals surface area contributed by atoms with E-state index >= 15 is 0 Å². The molecule has 2 aromatic rings. The van der Waals surface area contributed by atoms with Crippen molar-refractivity contribution in [1.29, 1.82) is 0 Å². The Morgan fingerprint density at radius 1 is 1.35 bits per heavy atom. The zero-order valence-electron chi connectivity index (χ0n) is 11.5. The number of nitrogens with zero attached hydrogens (tertiary/aromatic N) is 2. The molecule has 0 radical (unpaired) electrons. The maximum Gasteiger partial charge on any atom is 0.124 e. The Morgan fingerprint density at radius 3 is 2.75 bits per heavy atom. The lowest BCUT2D eigenvalue weighted by Gasteiger charge is -2.28. The molecule has 20 heavy (non-hydrogen) atoms. The first-order valence-corrected chi connectivity index (χ1v) is 9.07. The Hall–Kier alpha value is -0.380. The summed E-state index contributed by atoms with van der Waals surface area (Å²) in [6, 6.07) is 5.97. The third-order valence-corrected chi connectivity index (χ3v) is 6.27. The van der Waals surface area contributed by atoms with E-state index in [4.69, 9.17) is 23.2 Å². The van der Waals surface area contributed by atoms with Crippen LogP contribution < -0.4 is 0 Å². The van der Waals surface area contributed by atoms with E-state index in [0.717, 1.165) is 23.4 Å². The Labute approximate surface area is 133 Å². The number of alkyl halides is 1. The second-order valence-corrected chi connectivity index (χ2v) is 7.40. The number of hydrogen-bond acceptors (Lipinski definition) is 2. The first kappa shape index (κ1) is 14.6. The van der Waals surface area contributed by atoms with Crippen LogP contribution in [-0.2, 0) is 12.4 Å². The van der Waals surface area contributed by atoms with E-state index < -0.39 is 0 Å². The standard InChI is InChI=1S/C15H18Cl2N2S/c1-20-15(7-2-3-8-15)10-19-12-6-4-5-11(17)14(12)18-13(19)9-16/h4-6H,2-3,7-10H2,1H3. The van der Waals surface area contributed by atoms with Crippen LogP contribution in [0, 0.1) is 0 Å². The van der Waals surface area contributed by atoms with Gasteiger partial charge in [0.15, 0.2) is 0 Å². The number of rotatable bonds is 4. The van der Waals surface area contributed by atoms with Gasteiger partial charge in [0.25, 0.3) is 0 Å². The highest BCUT2D eigenvalue weighted by Gasteiger charge is 2.34. The fraction of sp³-hybridized carbons (Fsp3) is 0.533. The lowest BCUT2D eigenvalue weighted by atomic mass is 10.1. The van der Waals surface area contributed by atoms with Gasteiger partial charge in [0.05, 0.1) is 16.4 Å². The summed E-state index contributed by atoms with van der Waals surface area (Å²) in [7, 11) is 0. The Balaban J connectivity index is 2.08. The van der Waals surface area contributed by atoms with Crippen molar-refractivity contribution in [3.05, 3.63) is 29.0 Å². The second kappa shape index (κ2) is 5.78. The summed E-state index contributed by atoms with van der Waals surface area (Å²) in [6.45, 7) is 0.979. The van der Waals surface area contributed by atoms with Crippen molar-refractivity contribution in [3.63, 3.8) is 0 Å². The number of benzene rings is 1. The third-order valence-electron chi connectivity index (χ3n) is 4.32. The van der Waals surface area contributed by atoms with Crippen molar-refractivity contribution < 1.29 is 0 Å². The van der Waals surface area contributed by atoms with Crippen LogP contribution in [0.5, 0.6) is 0 Å². The minimum Gasteiger partial charge on any atom is -0.326 e. The molecule has 0 atom stereocenters. The van der Waals surface area contributed by atoms with Gasteiger partial charge in [0, 0.05) is 11.3 Å². The number of halogens is 2. The average molecular weight is 329 g/mol. The molecule has 1 heterocycles. The number of hydrogen-bond donors (Lipinski definition) is 0. The van der Waals surface area contributed by atoms with Gasteiger partial charge in [0.1, 0.15) is 11.3 Å². The van der Waals surface area contributed by atoms with E-state index in [1.54, 1.807) is 0 Å². The van der Waals surface area contributed by atoms with Crippen LogP contribution in [0.3, 0.4) is 0 Å². The minimum absolute atomic E-state index is 0.330. The van der Waals surface area contributed by atoms with Gasteiger partial charge in [-0.05, 0) is 31.2 Å². The van der Waals surface area contributed by atoms with Gasteiger partial charge in [0.2, 0.25) is 0 Å². The van der Waals surface area contributed by atoms with Crippen molar-refractivity contribution in [2.24, 2.45) is 0 Å². The van der Waals surface area contributed by atoms with Crippen LogP contribution in [0.1, 0.15) is 31.5 Å². The molecule has 5 heteroatoms. The van der Waals surface area contributed by atoms with Crippen molar-refractivity contribution in [2.75, 3.05) is 6.26 Å². The van der Waals surface area contributed by atoms with Crippen LogP contribution >= 0.6 is 35.0 Å². The number of para-hydroxylation sites is 1. The first-order chi connectivity index (χ1) is 9.69. The molecule has 0 N–H and O–H groups in total. The van der Waals surface area contributed by atoms with Crippen LogP contribution in [0.25, 0.3) is 11.0 Å². The third kappa shape index (κ3) is 2.44. The van der Waals surface area contributed by atoms with Gasteiger partial charge in [-0.25, -0.2) is 4.98 Å². The number of thioether (sulfide) groups is 1. The molecule has 1 saturated carbocycles. The highest BCUT2D eigenvalue weighted by molar-refractivity contribution is 8.00. The maximum absolute atomic E-state index is 6.26. The summed E-state index contributed by atoms with van der Waals surface area (Å²) >= 11 is 14.3. The van der Waals surface area contributed by atoms with Crippen LogP contribution in [0.4, 0.5) is 0 Å². The predicted molar refractivity (Wildman–Crippen MR) is 89.0 cm³/mol. The van der Waals surface area contributed by atoms with Gasteiger partial charge in [-0.15, -0.1) is 11.6 Å². The molecular weight excluding hydrogens is 311 g/mol. The van der Waals surface area contributed by atoms with Gasteiger partial charge in [-0.1, -0.05) is 30.5 Å². The maximum atomic E-state index is 6.26. The minimum atomic E-state index is 0.330. The van der Waals surface area contributed by atoms with E-state index in [9.17, 15) is 0 Å². The zero-order chi connectivity index (χ0) is 14.2. The molecule has 3 rings (SSSR count). The van der Waals surface area contributed by atoms with Crippen molar-refractivity contribution in [3.8, 4) is 0 Å². The Bertz CT molecular complexity index is 618. The summed E-state index contributed by atoms with van der Waals surface area (Å²) in [4.78, 5) is 4.63. The fourth-order valence-electron chi connectivity index (χ4n) is 3.17. The average Bonchev–Trinajstić information content (AvgIpc) is 3.06. The second-order valence-electron chi connectivity index (χ2n) is 5.45. The summed E-state index contributed by atoms with van der Waals surface area (Å²) in [6.07, 6.45) is 7.42. The van der Waals surface area contributed by atoms with Gasteiger partial charge in [-0.2, -0.15) is 11.8 Å². The van der Waals surface area contributed by atoms with E-state index in [-0.39, 0.29) is 0 Å². The lowest BCUT2D eigenvalue weighted by Crippen LogP contribution is -2.27. The molecular formula is C15H18Cl2N2S. The predicted octanol–water partition coefficient (Wildman–Crippen LogP) is 5.10. The SMILES string of the molecule is CSC1(Cn2c(CCl)nc3c(Cl)cccc32)CCCC1. The highest BCUT2D eigenvalue weighted by atomic mass is 35.5. The first-order valence-electron chi connectivity index (χ1n) is 6.94. The van der Waals surface area contributed by atoms with E-state index in [1.807, 2.05) is 23.9 Å². The molecule has 0 unspecified atom stereocenters. The normalized spacial score (nSPS) is 17.9. The molecule has 2 nitrogen and oxygen atoms in total. The molecule has 0 saturated heterocycles. The lowest BCUT2D eigenvalue weighted by molar-refractivity contribution is 0.505. The van der Waals surface area contributed by atoms with Crippen molar-refractivity contribution in [1.82, 2.24) is 9.55 Å². The van der Waals surface area contributed by atoms with E-state index in [0.29, 0.717) is 15.6 Å². The smallest absolute Gasteiger partial charge is 0.124 e. The van der Waals surface area contributed by atoms with Gasteiger partial charge >= 0.3 is 0 Å². The van der Waals surface area contributed by atoms with Crippen molar-refractivity contribution in [2.45, 2.75) is 42.9 Å². The molecule has 0 spiro atoms. The molecule has 0 aliphatic heterocycles. The highest BCUT2D eigenvalue weighted by Crippen LogP contribution is 2.42. The number of imidazole rings is 1.